The van der Waals surface area contributed by atoms with E-state index in [-0.39, 0.29) is 36.7 Å². The van der Waals surface area contributed by atoms with E-state index in [1.54, 1.807) is 12.1 Å². The normalized spacial score (nSPS) is 16.9. The van der Waals surface area contributed by atoms with Crippen LogP contribution in [0.3, 0.4) is 0 Å². The molecular weight excluding hydrogens is 322 g/mol. The maximum Gasteiger partial charge on any atom is 0.129 e. The first-order chi connectivity index (χ1) is 8.74. The lowest BCUT2D eigenvalue weighted by Gasteiger charge is -2.35. The summed E-state index contributed by atoms with van der Waals surface area (Å²) in [6.07, 6.45) is 1.97. The smallest absolute Gasteiger partial charge is 0.129 e. The number of hydrogen-bond donors (Lipinski definition) is 1. The third-order valence-electron chi connectivity index (χ3n) is 3.49. The van der Waals surface area contributed by atoms with E-state index < -0.39 is 0 Å². The predicted molar refractivity (Wildman–Crippen MR) is 88.0 cm³/mol. The van der Waals surface area contributed by atoms with Gasteiger partial charge in [-0.3, -0.25) is 4.90 Å². The highest BCUT2D eigenvalue weighted by molar-refractivity contribution is 6.31. The number of nitrogens with one attached hydrogen (secondary N) is 1. The molecule has 1 atom stereocenters. The molecule has 0 aromatic heterocycles. The van der Waals surface area contributed by atoms with Crippen molar-refractivity contribution in [1.29, 1.82) is 0 Å². The molecule has 0 unspecified atom stereocenters. The topological polar surface area (TPSA) is 15.3 Å². The molecule has 0 radical (unpaired) electrons. The van der Waals surface area contributed by atoms with Crippen molar-refractivity contribution in [3.63, 3.8) is 0 Å². The van der Waals surface area contributed by atoms with Crippen molar-refractivity contribution in [2.45, 2.75) is 25.8 Å². The van der Waals surface area contributed by atoms with Gasteiger partial charge in [0.2, 0.25) is 0 Å². The minimum Gasteiger partial charge on any atom is -0.314 e. The van der Waals surface area contributed by atoms with Crippen molar-refractivity contribution < 1.29 is 4.39 Å². The Kier molecular flexibility index (Phi) is 9.77. The maximum atomic E-state index is 14.1. The molecule has 1 aliphatic rings. The van der Waals surface area contributed by atoms with Gasteiger partial charge in [-0.05, 0) is 18.6 Å². The van der Waals surface area contributed by atoms with Crippen LogP contribution < -0.4 is 5.32 Å². The van der Waals surface area contributed by atoms with Gasteiger partial charge in [0.15, 0.2) is 0 Å². The van der Waals surface area contributed by atoms with E-state index in [1.165, 1.54) is 6.07 Å². The van der Waals surface area contributed by atoms with E-state index in [4.69, 9.17) is 11.6 Å². The van der Waals surface area contributed by atoms with Crippen molar-refractivity contribution in [1.82, 2.24) is 10.2 Å². The molecule has 1 aliphatic heterocycles. The van der Waals surface area contributed by atoms with E-state index in [0.29, 0.717) is 10.6 Å². The second-order valence-electron chi connectivity index (χ2n) is 4.73. The summed E-state index contributed by atoms with van der Waals surface area (Å²) in [6.45, 7) is 5.97. The highest BCUT2D eigenvalue weighted by Crippen LogP contribution is 2.33. The zero-order chi connectivity index (χ0) is 13.0. The van der Waals surface area contributed by atoms with Crippen LogP contribution >= 0.6 is 36.4 Å². The Hall–Kier alpha value is -0.0600. The van der Waals surface area contributed by atoms with Crippen LogP contribution in [0, 0.1) is 5.82 Å². The SMILES string of the molecule is CCC[C@@H](c1c(F)cccc1Cl)N1CCNCC1.Cl.Cl. The first-order valence-corrected chi connectivity index (χ1v) is 7.00. The molecule has 0 bridgehead atoms. The summed E-state index contributed by atoms with van der Waals surface area (Å²) in [5.74, 6) is -0.181. The molecule has 1 saturated heterocycles. The van der Waals surface area contributed by atoms with E-state index in [9.17, 15) is 4.39 Å². The van der Waals surface area contributed by atoms with Gasteiger partial charge in [0.05, 0.1) is 0 Å². The Morgan fingerprint density at radius 2 is 1.95 bits per heavy atom. The molecule has 20 heavy (non-hydrogen) atoms. The van der Waals surface area contributed by atoms with Crippen LogP contribution in [0.1, 0.15) is 31.4 Å². The molecule has 6 heteroatoms. The van der Waals surface area contributed by atoms with Gasteiger partial charge in [-0.1, -0.05) is 31.0 Å². The summed E-state index contributed by atoms with van der Waals surface area (Å²) in [7, 11) is 0. The zero-order valence-electron chi connectivity index (χ0n) is 11.6. The largest absolute Gasteiger partial charge is 0.314 e. The third-order valence-corrected chi connectivity index (χ3v) is 3.82. The molecule has 1 fully saturated rings. The van der Waals surface area contributed by atoms with Crippen LogP contribution in [0.4, 0.5) is 4.39 Å². The highest BCUT2D eigenvalue weighted by Gasteiger charge is 2.25. The molecule has 0 spiro atoms. The summed E-state index contributed by atoms with van der Waals surface area (Å²) < 4.78 is 14.1. The molecule has 2 nitrogen and oxygen atoms in total. The van der Waals surface area contributed by atoms with Gasteiger partial charge in [-0.25, -0.2) is 4.39 Å². The number of piperazine rings is 1. The monoisotopic (exact) mass is 342 g/mol. The van der Waals surface area contributed by atoms with E-state index in [0.717, 1.165) is 39.0 Å². The van der Waals surface area contributed by atoms with Crippen molar-refractivity contribution in [3.8, 4) is 0 Å². The molecule has 2 rings (SSSR count). The van der Waals surface area contributed by atoms with Crippen molar-refractivity contribution in [3.05, 3.63) is 34.6 Å². The van der Waals surface area contributed by atoms with Crippen LogP contribution in [-0.2, 0) is 0 Å². The second-order valence-corrected chi connectivity index (χ2v) is 5.13. The molecule has 1 N–H and O–H groups in total. The van der Waals surface area contributed by atoms with Gasteiger partial charge < -0.3 is 5.32 Å². The fourth-order valence-corrected chi connectivity index (χ4v) is 2.89. The standard InChI is InChI=1S/C14H20ClFN2.2ClH/c1-2-4-13(18-9-7-17-8-10-18)14-11(15)5-3-6-12(14)16;;/h3,5-6,13,17H,2,4,7-10H2,1H3;2*1H/t13-;;/m0../s1. The summed E-state index contributed by atoms with van der Waals surface area (Å²) in [5, 5.41) is 3.87. The first kappa shape index (κ1) is 19.9. The van der Waals surface area contributed by atoms with E-state index in [2.05, 4.69) is 17.1 Å². The Balaban J connectivity index is 0.00000180. The number of hydrogen-bond acceptors (Lipinski definition) is 2. The van der Waals surface area contributed by atoms with Crippen molar-refractivity contribution >= 4 is 36.4 Å². The molecule has 116 valence electrons. The van der Waals surface area contributed by atoms with Crippen LogP contribution in [0.2, 0.25) is 5.02 Å². The van der Waals surface area contributed by atoms with Gasteiger partial charge in [0, 0.05) is 42.8 Å². The highest BCUT2D eigenvalue weighted by atomic mass is 35.5. The molecule has 0 saturated carbocycles. The molecule has 1 heterocycles. The van der Waals surface area contributed by atoms with Gasteiger partial charge in [0.25, 0.3) is 0 Å². The lowest BCUT2D eigenvalue weighted by atomic mass is 9.99. The minimum absolute atomic E-state index is 0. The van der Waals surface area contributed by atoms with Gasteiger partial charge in [-0.15, -0.1) is 24.8 Å². The number of benzene rings is 1. The molecule has 0 aliphatic carbocycles. The zero-order valence-corrected chi connectivity index (χ0v) is 14.0. The van der Waals surface area contributed by atoms with Crippen LogP contribution in [0.5, 0.6) is 0 Å². The third kappa shape index (κ3) is 4.74. The molecule has 1 aromatic carbocycles. The van der Waals surface area contributed by atoms with Gasteiger partial charge in [0.1, 0.15) is 5.82 Å². The van der Waals surface area contributed by atoms with Gasteiger partial charge >= 0.3 is 0 Å². The lowest BCUT2D eigenvalue weighted by Crippen LogP contribution is -2.45. The fraction of sp³-hybridized carbons (Fsp3) is 0.571. The summed E-state index contributed by atoms with van der Waals surface area (Å²) >= 11 is 6.20. The van der Waals surface area contributed by atoms with E-state index in [1.807, 2.05) is 0 Å². The number of nitrogens with zero attached hydrogens (tertiary/aromatic N) is 1. The number of rotatable bonds is 4. The molecule has 0 amide bonds. The Morgan fingerprint density at radius 3 is 2.50 bits per heavy atom. The van der Waals surface area contributed by atoms with Crippen LogP contribution in [-0.4, -0.2) is 31.1 Å². The predicted octanol–water partition coefficient (Wildman–Crippen LogP) is 4.07. The second kappa shape index (κ2) is 9.80. The Labute approximate surface area is 137 Å². The molecule has 1 aromatic rings. The summed E-state index contributed by atoms with van der Waals surface area (Å²) in [6, 6.07) is 5.06. The Morgan fingerprint density at radius 1 is 1.30 bits per heavy atom. The minimum atomic E-state index is -0.181. The van der Waals surface area contributed by atoms with Crippen molar-refractivity contribution in [2.75, 3.05) is 26.2 Å². The van der Waals surface area contributed by atoms with Crippen molar-refractivity contribution in [2.24, 2.45) is 0 Å². The van der Waals surface area contributed by atoms with E-state index >= 15 is 0 Å². The summed E-state index contributed by atoms with van der Waals surface area (Å²) in [4.78, 5) is 2.34. The molecular formula is C14H22Cl3FN2. The lowest BCUT2D eigenvalue weighted by molar-refractivity contribution is 0.161. The van der Waals surface area contributed by atoms with Crippen LogP contribution in [0.25, 0.3) is 0 Å². The maximum absolute atomic E-state index is 14.1. The Bertz CT molecular complexity index is 378. The average molecular weight is 344 g/mol. The first-order valence-electron chi connectivity index (χ1n) is 6.62. The fourth-order valence-electron chi connectivity index (χ4n) is 2.61. The van der Waals surface area contributed by atoms with Crippen LogP contribution in [0.15, 0.2) is 18.2 Å². The number of halogens is 4. The summed E-state index contributed by atoms with van der Waals surface area (Å²) in [5.41, 5.74) is 0.669. The quantitative estimate of drug-likeness (QED) is 0.886. The van der Waals surface area contributed by atoms with Gasteiger partial charge in [-0.2, -0.15) is 0 Å². The average Bonchev–Trinajstić information content (AvgIpc) is 2.38.